The number of carbonyl (C=O) groups excluding carboxylic acids is 1. The van der Waals surface area contributed by atoms with Gasteiger partial charge in [0, 0.05) is 12.0 Å². The van der Waals surface area contributed by atoms with Crippen molar-refractivity contribution in [3.05, 3.63) is 59.7 Å². The summed E-state index contributed by atoms with van der Waals surface area (Å²) >= 11 is 0. The molecule has 1 saturated carbocycles. The van der Waals surface area contributed by atoms with Gasteiger partial charge in [-0.3, -0.25) is 4.79 Å². The standard InChI is InChI=1S/C23H26N4O/c28-22(25-19-14-11-15-5-1-2-6-18(15)19)16-9-12-17(13-10-16)24-23-26-20-7-3-4-8-21(20)27-23/h1-8,16-17,19H,9-14H2,(H,25,28)(H2,24,26,27). The van der Waals surface area contributed by atoms with Gasteiger partial charge in [0.1, 0.15) is 0 Å². The van der Waals surface area contributed by atoms with Crippen molar-refractivity contribution in [2.24, 2.45) is 5.92 Å². The Morgan fingerprint density at radius 3 is 2.61 bits per heavy atom. The van der Waals surface area contributed by atoms with Gasteiger partial charge in [0.15, 0.2) is 0 Å². The molecule has 144 valence electrons. The van der Waals surface area contributed by atoms with Gasteiger partial charge >= 0.3 is 0 Å². The molecule has 0 aliphatic heterocycles. The van der Waals surface area contributed by atoms with Gasteiger partial charge in [-0.05, 0) is 61.8 Å². The Balaban J connectivity index is 1.15. The highest BCUT2D eigenvalue weighted by atomic mass is 16.1. The Bertz CT molecular complexity index is 954. The van der Waals surface area contributed by atoms with E-state index in [2.05, 4.69) is 44.9 Å². The number of imidazole rings is 1. The maximum Gasteiger partial charge on any atom is 0.223 e. The molecule has 0 bridgehead atoms. The highest BCUT2D eigenvalue weighted by Crippen LogP contribution is 2.32. The number of hydrogen-bond donors (Lipinski definition) is 3. The van der Waals surface area contributed by atoms with Crippen molar-refractivity contribution in [2.45, 2.75) is 50.6 Å². The van der Waals surface area contributed by atoms with Gasteiger partial charge in [-0.2, -0.15) is 0 Å². The maximum atomic E-state index is 12.8. The van der Waals surface area contributed by atoms with Gasteiger partial charge in [0.05, 0.1) is 17.1 Å². The molecule has 2 aliphatic carbocycles. The molecular weight excluding hydrogens is 348 g/mol. The lowest BCUT2D eigenvalue weighted by Crippen LogP contribution is -2.37. The van der Waals surface area contributed by atoms with Crippen molar-refractivity contribution in [1.29, 1.82) is 0 Å². The van der Waals surface area contributed by atoms with Crippen molar-refractivity contribution in [3.63, 3.8) is 0 Å². The highest BCUT2D eigenvalue weighted by Gasteiger charge is 2.30. The number of hydrogen-bond acceptors (Lipinski definition) is 3. The number of fused-ring (bicyclic) bond motifs is 2. The van der Waals surface area contributed by atoms with Crippen LogP contribution in [-0.2, 0) is 11.2 Å². The quantitative estimate of drug-likeness (QED) is 0.636. The number of nitrogens with zero attached hydrogens (tertiary/aromatic N) is 1. The van der Waals surface area contributed by atoms with Crippen LogP contribution in [0.25, 0.3) is 11.0 Å². The minimum Gasteiger partial charge on any atom is -0.353 e. The Kier molecular flexibility index (Phi) is 4.51. The number of nitrogens with one attached hydrogen (secondary N) is 3. The minimum absolute atomic E-state index is 0.126. The molecule has 0 saturated heterocycles. The van der Waals surface area contributed by atoms with Crippen molar-refractivity contribution in [1.82, 2.24) is 15.3 Å². The molecule has 1 amide bonds. The number of benzene rings is 2. The lowest BCUT2D eigenvalue weighted by Gasteiger charge is -2.29. The molecule has 3 aromatic rings. The fourth-order valence-corrected chi connectivity index (χ4v) is 4.71. The van der Waals surface area contributed by atoms with E-state index in [1.54, 1.807) is 0 Å². The summed E-state index contributed by atoms with van der Waals surface area (Å²) in [5.74, 6) is 1.18. The smallest absolute Gasteiger partial charge is 0.223 e. The van der Waals surface area contributed by atoms with E-state index in [1.807, 2.05) is 24.3 Å². The van der Waals surface area contributed by atoms with Crippen LogP contribution >= 0.6 is 0 Å². The fraction of sp³-hybridized carbons (Fsp3) is 0.391. The van der Waals surface area contributed by atoms with E-state index >= 15 is 0 Å². The Morgan fingerprint density at radius 1 is 0.964 bits per heavy atom. The topological polar surface area (TPSA) is 69.8 Å². The van der Waals surface area contributed by atoms with Crippen LogP contribution in [-0.4, -0.2) is 21.9 Å². The summed E-state index contributed by atoms with van der Waals surface area (Å²) in [7, 11) is 0. The Hall–Kier alpha value is -2.82. The highest BCUT2D eigenvalue weighted by molar-refractivity contribution is 5.79. The third-order valence-electron chi connectivity index (χ3n) is 6.28. The zero-order chi connectivity index (χ0) is 18.9. The van der Waals surface area contributed by atoms with Crippen molar-refractivity contribution in [3.8, 4) is 0 Å². The van der Waals surface area contributed by atoms with Gasteiger partial charge in [0.25, 0.3) is 0 Å². The van der Waals surface area contributed by atoms with E-state index in [-0.39, 0.29) is 17.9 Å². The van der Waals surface area contributed by atoms with Crippen LogP contribution in [0.15, 0.2) is 48.5 Å². The van der Waals surface area contributed by atoms with Gasteiger partial charge in [0.2, 0.25) is 11.9 Å². The summed E-state index contributed by atoms with van der Waals surface area (Å²) in [4.78, 5) is 20.7. The molecule has 5 nitrogen and oxygen atoms in total. The summed E-state index contributed by atoms with van der Waals surface area (Å²) in [6.45, 7) is 0. The maximum absolute atomic E-state index is 12.8. The number of rotatable bonds is 4. The fourth-order valence-electron chi connectivity index (χ4n) is 4.71. The Labute approximate surface area is 164 Å². The van der Waals surface area contributed by atoms with E-state index in [9.17, 15) is 4.79 Å². The van der Waals surface area contributed by atoms with Crippen LogP contribution in [0.4, 0.5) is 5.95 Å². The first-order valence-corrected chi connectivity index (χ1v) is 10.4. The predicted octanol–water partition coefficient (Wildman–Crippen LogP) is 4.34. The number of aromatic nitrogens is 2. The van der Waals surface area contributed by atoms with Crippen molar-refractivity contribution >= 4 is 22.9 Å². The molecule has 1 aromatic heterocycles. The minimum atomic E-state index is 0.126. The van der Waals surface area contributed by atoms with Crippen LogP contribution < -0.4 is 10.6 Å². The molecule has 1 fully saturated rings. The lowest BCUT2D eigenvalue weighted by molar-refractivity contribution is -0.126. The number of aromatic amines is 1. The summed E-state index contributed by atoms with van der Waals surface area (Å²) in [5.41, 5.74) is 4.72. The first-order valence-electron chi connectivity index (χ1n) is 10.4. The van der Waals surface area contributed by atoms with E-state index < -0.39 is 0 Å². The third kappa shape index (κ3) is 3.37. The molecule has 28 heavy (non-hydrogen) atoms. The molecule has 5 rings (SSSR count). The monoisotopic (exact) mass is 374 g/mol. The first kappa shape index (κ1) is 17.3. The number of aryl methyl sites for hydroxylation is 1. The van der Waals surface area contributed by atoms with Gasteiger partial charge < -0.3 is 15.6 Å². The average Bonchev–Trinajstić information content (AvgIpc) is 3.32. The zero-order valence-electron chi connectivity index (χ0n) is 15.9. The first-order chi connectivity index (χ1) is 13.8. The second kappa shape index (κ2) is 7.30. The largest absolute Gasteiger partial charge is 0.353 e. The van der Waals surface area contributed by atoms with Crippen LogP contribution in [0.2, 0.25) is 0 Å². The molecule has 2 aliphatic rings. The van der Waals surface area contributed by atoms with Crippen LogP contribution in [0.3, 0.4) is 0 Å². The molecule has 5 heteroatoms. The molecule has 1 unspecified atom stereocenters. The van der Waals surface area contributed by atoms with Gasteiger partial charge in [-0.25, -0.2) is 4.98 Å². The van der Waals surface area contributed by atoms with Gasteiger partial charge in [-0.1, -0.05) is 36.4 Å². The van der Waals surface area contributed by atoms with Crippen LogP contribution in [0.1, 0.15) is 49.3 Å². The third-order valence-corrected chi connectivity index (χ3v) is 6.28. The molecule has 0 spiro atoms. The summed E-state index contributed by atoms with van der Waals surface area (Å²) in [6, 6.07) is 17.1. The molecule has 0 radical (unpaired) electrons. The number of H-pyrrole nitrogens is 1. The van der Waals surface area contributed by atoms with Gasteiger partial charge in [-0.15, -0.1) is 0 Å². The van der Waals surface area contributed by atoms with Crippen LogP contribution in [0.5, 0.6) is 0 Å². The molecule has 1 heterocycles. The average molecular weight is 374 g/mol. The summed E-state index contributed by atoms with van der Waals surface area (Å²) < 4.78 is 0. The number of amides is 1. The lowest BCUT2D eigenvalue weighted by atomic mass is 9.85. The van der Waals surface area contributed by atoms with E-state index in [4.69, 9.17) is 0 Å². The van der Waals surface area contributed by atoms with Crippen molar-refractivity contribution < 1.29 is 4.79 Å². The molecule has 2 aromatic carbocycles. The summed E-state index contributed by atoms with van der Waals surface area (Å²) in [5, 5.41) is 6.83. The predicted molar refractivity (Wildman–Crippen MR) is 111 cm³/mol. The molecule has 3 N–H and O–H groups in total. The second-order valence-electron chi connectivity index (χ2n) is 8.09. The van der Waals surface area contributed by atoms with E-state index in [1.165, 1.54) is 11.1 Å². The summed E-state index contributed by atoms with van der Waals surface area (Å²) in [6.07, 6.45) is 5.94. The number of anilines is 1. The van der Waals surface area contributed by atoms with Crippen molar-refractivity contribution in [2.75, 3.05) is 5.32 Å². The second-order valence-corrected chi connectivity index (χ2v) is 8.09. The molecule has 1 atom stereocenters. The molecular formula is C23H26N4O. The Morgan fingerprint density at radius 2 is 1.75 bits per heavy atom. The number of para-hydroxylation sites is 2. The zero-order valence-corrected chi connectivity index (χ0v) is 15.9. The SMILES string of the molecule is O=C(NC1CCc2ccccc21)C1CCC(Nc2nc3ccccc3[nH]2)CC1. The normalized spacial score (nSPS) is 24.1. The van der Waals surface area contributed by atoms with E-state index in [0.29, 0.717) is 6.04 Å². The van der Waals surface area contributed by atoms with Crippen LogP contribution in [0, 0.1) is 5.92 Å². The number of carbonyl (C=O) groups is 1. The van der Waals surface area contributed by atoms with E-state index in [0.717, 1.165) is 55.5 Å².